The van der Waals surface area contributed by atoms with Gasteiger partial charge in [-0.3, -0.25) is 0 Å². The fourth-order valence-corrected chi connectivity index (χ4v) is 1.08. The number of nitrogens with one attached hydrogen (secondary N) is 1. The predicted octanol–water partition coefficient (Wildman–Crippen LogP) is -0.943. The molecule has 0 rings (SSSR count). The monoisotopic (exact) mass is 176 g/mol. The molecule has 0 saturated heterocycles. The summed E-state index contributed by atoms with van der Waals surface area (Å²) in [6.07, 6.45) is 1.70. The van der Waals surface area contributed by atoms with Crippen molar-refractivity contribution in [3.05, 3.63) is 0 Å². The molecule has 0 aliphatic carbocycles. The second-order valence-corrected chi connectivity index (χ2v) is 3.05. The molecule has 0 aliphatic heterocycles. The molecule has 4 nitrogen and oxygen atoms in total. The lowest BCUT2D eigenvalue weighted by atomic mass is 10.1. The van der Waals surface area contributed by atoms with Gasteiger partial charge in [0, 0.05) is 25.2 Å². The van der Waals surface area contributed by atoms with Gasteiger partial charge in [-0.1, -0.05) is 0 Å². The molecule has 0 heterocycles. The first-order chi connectivity index (χ1) is 5.74. The molecule has 74 valence electrons. The fourth-order valence-electron chi connectivity index (χ4n) is 1.08. The van der Waals surface area contributed by atoms with E-state index in [0.29, 0.717) is 12.6 Å². The van der Waals surface area contributed by atoms with E-state index < -0.39 is 0 Å². The Labute approximate surface area is 73.8 Å². The van der Waals surface area contributed by atoms with Crippen LogP contribution in [0.5, 0.6) is 0 Å². The normalized spacial score (nSPS) is 16.0. The van der Waals surface area contributed by atoms with Crippen molar-refractivity contribution < 1.29 is 10.2 Å². The molecule has 0 amide bonds. The first kappa shape index (κ1) is 11.8. The van der Waals surface area contributed by atoms with E-state index in [1.54, 1.807) is 0 Å². The standard InChI is InChI=1S/C8H20N2O2/c1-7(3-2-4-11)10-8(5-9)6-12/h7-8,10-12H,2-6,9H2,1H3. The van der Waals surface area contributed by atoms with Crippen LogP contribution in [0.1, 0.15) is 19.8 Å². The Balaban J connectivity index is 3.44. The number of aliphatic hydroxyl groups is 2. The number of nitrogens with two attached hydrogens (primary N) is 1. The zero-order chi connectivity index (χ0) is 9.40. The lowest BCUT2D eigenvalue weighted by Crippen LogP contribution is -2.43. The van der Waals surface area contributed by atoms with E-state index in [0.717, 1.165) is 12.8 Å². The van der Waals surface area contributed by atoms with Gasteiger partial charge in [0.15, 0.2) is 0 Å². The Morgan fingerprint density at radius 1 is 1.42 bits per heavy atom. The minimum absolute atomic E-state index is 0.0151. The SMILES string of the molecule is CC(CCCO)NC(CN)CO. The van der Waals surface area contributed by atoms with Gasteiger partial charge in [-0.05, 0) is 19.8 Å². The average Bonchev–Trinajstić information content (AvgIpc) is 2.10. The van der Waals surface area contributed by atoms with E-state index in [1.165, 1.54) is 0 Å². The molecule has 0 aromatic carbocycles. The van der Waals surface area contributed by atoms with Crippen LogP contribution in [-0.2, 0) is 0 Å². The largest absolute Gasteiger partial charge is 0.396 e. The van der Waals surface area contributed by atoms with Gasteiger partial charge >= 0.3 is 0 Å². The predicted molar refractivity (Wildman–Crippen MR) is 48.8 cm³/mol. The number of hydrogen-bond donors (Lipinski definition) is 4. The Morgan fingerprint density at radius 2 is 2.08 bits per heavy atom. The van der Waals surface area contributed by atoms with E-state index in [-0.39, 0.29) is 19.3 Å². The fraction of sp³-hybridized carbons (Fsp3) is 1.00. The van der Waals surface area contributed by atoms with Crippen LogP contribution in [0, 0.1) is 0 Å². The summed E-state index contributed by atoms with van der Waals surface area (Å²) in [4.78, 5) is 0. The quantitative estimate of drug-likeness (QED) is 0.403. The van der Waals surface area contributed by atoms with Crippen LogP contribution >= 0.6 is 0 Å². The number of aliphatic hydroxyl groups excluding tert-OH is 2. The highest BCUT2D eigenvalue weighted by Gasteiger charge is 2.08. The van der Waals surface area contributed by atoms with Crippen molar-refractivity contribution >= 4 is 0 Å². The summed E-state index contributed by atoms with van der Waals surface area (Å²) in [6, 6.07) is 0.288. The minimum atomic E-state index is -0.0151. The van der Waals surface area contributed by atoms with Crippen molar-refractivity contribution in [2.24, 2.45) is 5.73 Å². The molecule has 0 saturated carbocycles. The number of rotatable bonds is 7. The van der Waals surface area contributed by atoms with Gasteiger partial charge in [0.05, 0.1) is 6.61 Å². The molecule has 0 aliphatic rings. The molecular weight excluding hydrogens is 156 g/mol. The lowest BCUT2D eigenvalue weighted by molar-refractivity contribution is 0.228. The average molecular weight is 176 g/mol. The highest BCUT2D eigenvalue weighted by atomic mass is 16.3. The second-order valence-electron chi connectivity index (χ2n) is 3.05. The summed E-state index contributed by atoms with van der Waals surface area (Å²) in [5.41, 5.74) is 5.39. The zero-order valence-electron chi connectivity index (χ0n) is 7.66. The van der Waals surface area contributed by atoms with Crippen molar-refractivity contribution in [2.45, 2.75) is 31.8 Å². The summed E-state index contributed by atoms with van der Waals surface area (Å²) < 4.78 is 0. The first-order valence-electron chi connectivity index (χ1n) is 4.42. The van der Waals surface area contributed by atoms with Gasteiger partial charge in [-0.15, -0.1) is 0 Å². The van der Waals surface area contributed by atoms with Gasteiger partial charge < -0.3 is 21.3 Å². The number of hydrogen-bond acceptors (Lipinski definition) is 4. The molecule has 2 unspecified atom stereocenters. The van der Waals surface area contributed by atoms with E-state index in [4.69, 9.17) is 15.9 Å². The third-order valence-electron chi connectivity index (χ3n) is 1.82. The molecule has 0 radical (unpaired) electrons. The molecular formula is C8H20N2O2. The minimum Gasteiger partial charge on any atom is -0.396 e. The molecule has 12 heavy (non-hydrogen) atoms. The Bertz CT molecular complexity index is 97.1. The Hall–Kier alpha value is -0.160. The van der Waals surface area contributed by atoms with Crippen molar-refractivity contribution in [3.8, 4) is 0 Å². The van der Waals surface area contributed by atoms with Crippen LogP contribution in [0.25, 0.3) is 0 Å². The molecule has 0 spiro atoms. The first-order valence-corrected chi connectivity index (χ1v) is 4.42. The van der Waals surface area contributed by atoms with Crippen LogP contribution in [0.3, 0.4) is 0 Å². The van der Waals surface area contributed by atoms with Gasteiger partial charge in [0.1, 0.15) is 0 Å². The topological polar surface area (TPSA) is 78.5 Å². The van der Waals surface area contributed by atoms with Crippen LogP contribution in [-0.4, -0.2) is 42.1 Å². The van der Waals surface area contributed by atoms with Crippen molar-refractivity contribution in [3.63, 3.8) is 0 Å². The van der Waals surface area contributed by atoms with Crippen molar-refractivity contribution in [1.29, 1.82) is 0 Å². The van der Waals surface area contributed by atoms with Gasteiger partial charge in [0.25, 0.3) is 0 Å². The van der Waals surface area contributed by atoms with Crippen molar-refractivity contribution in [2.75, 3.05) is 19.8 Å². The third-order valence-corrected chi connectivity index (χ3v) is 1.82. The van der Waals surface area contributed by atoms with E-state index in [2.05, 4.69) is 5.32 Å². The Kier molecular flexibility index (Phi) is 7.39. The summed E-state index contributed by atoms with van der Waals surface area (Å²) in [5, 5.41) is 20.5. The summed E-state index contributed by atoms with van der Waals surface area (Å²) in [7, 11) is 0. The maximum atomic E-state index is 8.81. The van der Waals surface area contributed by atoms with Gasteiger partial charge in [-0.25, -0.2) is 0 Å². The summed E-state index contributed by atoms with van der Waals surface area (Å²) in [6.45, 7) is 2.76. The van der Waals surface area contributed by atoms with Gasteiger partial charge in [-0.2, -0.15) is 0 Å². The second kappa shape index (κ2) is 7.49. The highest BCUT2D eigenvalue weighted by molar-refractivity contribution is 4.70. The van der Waals surface area contributed by atoms with E-state index >= 15 is 0 Å². The van der Waals surface area contributed by atoms with E-state index in [9.17, 15) is 0 Å². The Morgan fingerprint density at radius 3 is 2.50 bits per heavy atom. The van der Waals surface area contributed by atoms with Crippen molar-refractivity contribution in [1.82, 2.24) is 5.32 Å². The lowest BCUT2D eigenvalue weighted by Gasteiger charge is -2.19. The summed E-state index contributed by atoms with van der Waals surface area (Å²) in [5.74, 6) is 0. The maximum absolute atomic E-state index is 8.81. The summed E-state index contributed by atoms with van der Waals surface area (Å²) >= 11 is 0. The molecule has 0 fully saturated rings. The highest BCUT2D eigenvalue weighted by Crippen LogP contribution is 1.96. The smallest absolute Gasteiger partial charge is 0.0597 e. The maximum Gasteiger partial charge on any atom is 0.0597 e. The molecule has 2 atom stereocenters. The molecule has 0 bridgehead atoms. The third kappa shape index (κ3) is 5.49. The molecule has 0 aromatic heterocycles. The van der Waals surface area contributed by atoms with Gasteiger partial charge in [0.2, 0.25) is 0 Å². The van der Waals surface area contributed by atoms with Crippen LogP contribution in [0.4, 0.5) is 0 Å². The van der Waals surface area contributed by atoms with E-state index in [1.807, 2.05) is 6.92 Å². The zero-order valence-corrected chi connectivity index (χ0v) is 7.66. The van der Waals surface area contributed by atoms with Crippen LogP contribution in [0.15, 0.2) is 0 Å². The molecule has 5 N–H and O–H groups in total. The van der Waals surface area contributed by atoms with Crippen LogP contribution < -0.4 is 11.1 Å². The molecule has 0 aromatic rings. The van der Waals surface area contributed by atoms with Crippen LogP contribution in [0.2, 0.25) is 0 Å². The molecule has 4 heteroatoms.